The van der Waals surface area contributed by atoms with Gasteiger partial charge in [0, 0.05) is 5.92 Å². The summed E-state index contributed by atoms with van der Waals surface area (Å²) in [5, 5.41) is 10.3. The average Bonchev–Trinajstić information content (AvgIpc) is 2.81. The van der Waals surface area contributed by atoms with Crippen molar-refractivity contribution in [2.24, 2.45) is 5.92 Å². The molecule has 19 heavy (non-hydrogen) atoms. The van der Waals surface area contributed by atoms with Gasteiger partial charge < -0.3 is 19.3 Å². The molecule has 0 aliphatic carbocycles. The van der Waals surface area contributed by atoms with Crippen molar-refractivity contribution >= 4 is 11.8 Å². The number of aliphatic hydroxyl groups is 1. The van der Waals surface area contributed by atoms with E-state index in [1.807, 2.05) is 0 Å². The number of ether oxygens (including phenoxy) is 3. The lowest BCUT2D eigenvalue weighted by atomic mass is 9.84. The molecule has 1 unspecified atom stereocenters. The minimum atomic E-state index is -2.18. The third-order valence-corrected chi connectivity index (χ3v) is 3.56. The first kappa shape index (κ1) is 14.2. The van der Waals surface area contributed by atoms with E-state index < -0.39 is 41.3 Å². The van der Waals surface area contributed by atoms with Gasteiger partial charge in [0.2, 0.25) is 11.4 Å². The Kier molecular flexibility index (Phi) is 3.28. The van der Waals surface area contributed by atoms with E-state index >= 15 is 0 Å². The van der Waals surface area contributed by atoms with E-state index in [2.05, 4.69) is 6.58 Å². The molecule has 6 heteroatoms. The van der Waals surface area contributed by atoms with Gasteiger partial charge in [0.05, 0.1) is 6.61 Å². The first-order chi connectivity index (χ1) is 8.72. The Morgan fingerprint density at radius 2 is 2.11 bits per heavy atom. The Morgan fingerprint density at radius 3 is 2.58 bits per heavy atom. The molecule has 2 rings (SSSR count). The van der Waals surface area contributed by atoms with Crippen LogP contribution in [0.15, 0.2) is 12.7 Å². The zero-order valence-corrected chi connectivity index (χ0v) is 11.2. The second-order valence-electron chi connectivity index (χ2n) is 5.35. The van der Waals surface area contributed by atoms with Crippen LogP contribution in [0.5, 0.6) is 0 Å². The Bertz CT molecular complexity index is 429. The van der Waals surface area contributed by atoms with Gasteiger partial charge in [-0.3, -0.25) is 4.79 Å². The van der Waals surface area contributed by atoms with Crippen LogP contribution in [0.1, 0.15) is 20.8 Å². The van der Waals surface area contributed by atoms with Gasteiger partial charge in [-0.15, -0.1) is 6.58 Å². The van der Waals surface area contributed by atoms with Crippen LogP contribution >= 0.6 is 0 Å². The summed E-state index contributed by atoms with van der Waals surface area (Å²) in [6.45, 7) is 8.56. The lowest BCUT2D eigenvalue weighted by molar-refractivity contribution is -0.166. The minimum absolute atomic E-state index is 0.134. The Hall–Kier alpha value is -1.24. The van der Waals surface area contributed by atoms with Crippen molar-refractivity contribution in [3.8, 4) is 0 Å². The molecule has 4 atom stereocenters. The van der Waals surface area contributed by atoms with Crippen molar-refractivity contribution in [3.63, 3.8) is 0 Å². The Labute approximate surface area is 111 Å². The quantitative estimate of drug-likeness (QED) is 0.448. The number of carbonyl (C=O) groups is 2. The molecule has 6 nitrogen and oxygen atoms in total. The fraction of sp³-hybridized carbons (Fsp3) is 0.692. The average molecular weight is 270 g/mol. The van der Waals surface area contributed by atoms with Crippen LogP contribution in [0.4, 0.5) is 0 Å². The summed E-state index contributed by atoms with van der Waals surface area (Å²) >= 11 is 0. The fourth-order valence-electron chi connectivity index (χ4n) is 2.27. The molecular formula is C13H18O6. The highest BCUT2D eigenvalue weighted by atomic mass is 16.8. The molecule has 2 heterocycles. The van der Waals surface area contributed by atoms with Crippen molar-refractivity contribution < 1.29 is 28.9 Å². The van der Waals surface area contributed by atoms with Crippen LogP contribution in [-0.4, -0.2) is 47.1 Å². The van der Waals surface area contributed by atoms with Gasteiger partial charge in [-0.2, -0.15) is 0 Å². The molecule has 0 radical (unpaired) electrons. The summed E-state index contributed by atoms with van der Waals surface area (Å²) in [5.41, 5.74) is -2.18. The molecule has 2 aliphatic heterocycles. The van der Waals surface area contributed by atoms with Crippen molar-refractivity contribution in [3.05, 3.63) is 12.7 Å². The van der Waals surface area contributed by atoms with Crippen molar-refractivity contribution in [2.75, 3.05) is 6.61 Å². The normalized spacial score (nSPS) is 39.2. The first-order valence-corrected chi connectivity index (χ1v) is 6.14. The van der Waals surface area contributed by atoms with E-state index in [-0.39, 0.29) is 6.61 Å². The molecule has 2 saturated heterocycles. The van der Waals surface area contributed by atoms with Gasteiger partial charge in [0.25, 0.3) is 0 Å². The SMILES string of the molecule is C=CC(C)[C@]1(O)C(=O)O[C@H]([C@@H]2COC(C)(C)O2)C1=O. The zero-order valence-electron chi connectivity index (χ0n) is 11.2. The van der Waals surface area contributed by atoms with Crippen molar-refractivity contribution in [1.82, 2.24) is 0 Å². The Balaban J connectivity index is 2.22. The summed E-state index contributed by atoms with van der Waals surface area (Å²) in [4.78, 5) is 24.1. The second kappa shape index (κ2) is 4.40. The summed E-state index contributed by atoms with van der Waals surface area (Å²) in [5.74, 6) is -3.21. The number of carbonyl (C=O) groups excluding carboxylic acids is 2. The largest absolute Gasteiger partial charge is 0.449 e. The Morgan fingerprint density at radius 1 is 1.47 bits per heavy atom. The number of esters is 1. The molecule has 0 aromatic carbocycles. The highest BCUT2D eigenvalue weighted by Crippen LogP contribution is 2.35. The molecule has 2 fully saturated rings. The lowest BCUT2D eigenvalue weighted by Crippen LogP contribution is -2.49. The summed E-state index contributed by atoms with van der Waals surface area (Å²) in [6.07, 6.45) is -0.489. The summed E-state index contributed by atoms with van der Waals surface area (Å²) in [7, 11) is 0. The number of hydrogen-bond donors (Lipinski definition) is 1. The van der Waals surface area contributed by atoms with E-state index in [1.165, 1.54) is 13.0 Å². The number of cyclic esters (lactones) is 1. The standard InChI is InChI=1S/C13H18O6/c1-5-7(2)13(16)10(14)9(18-11(13)15)8-6-17-12(3,4)19-8/h5,7-9,16H,1,6H2,2-4H3/t7?,8-,9+,13+/m0/s1. The smallest absolute Gasteiger partial charge is 0.347 e. The minimum Gasteiger partial charge on any atom is -0.449 e. The maximum atomic E-state index is 12.3. The van der Waals surface area contributed by atoms with E-state index in [0.29, 0.717) is 0 Å². The van der Waals surface area contributed by atoms with Gasteiger partial charge in [-0.05, 0) is 13.8 Å². The third kappa shape index (κ3) is 2.09. The van der Waals surface area contributed by atoms with Crippen LogP contribution < -0.4 is 0 Å². The van der Waals surface area contributed by atoms with Gasteiger partial charge in [0.1, 0.15) is 6.10 Å². The predicted molar refractivity (Wildman–Crippen MR) is 64.1 cm³/mol. The van der Waals surface area contributed by atoms with Crippen LogP contribution in [0.2, 0.25) is 0 Å². The molecule has 0 amide bonds. The topological polar surface area (TPSA) is 82.1 Å². The molecule has 2 aliphatic rings. The van der Waals surface area contributed by atoms with Gasteiger partial charge in [0.15, 0.2) is 11.9 Å². The van der Waals surface area contributed by atoms with Gasteiger partial charge >= 0.3 is 5.97 Å². The molecule has 1 N–H and O–H groups in total. The lowest BCUT2D eigenvalue weighted by Gasteiger charge is -2.22. The highest BCUT2D eigenvalue weighted by molar-refractivity contribution is 6.14. The van der Waals surface area contributed by atoms with Crippen LogP contribution in [0.3, 0.4) is 0 Å². The molecule has 106 valence electrons. The maximum absolute atomic E-state index is 12.3. The van der Waals surface area contributed by atoms with Gasteiger partial charge in [-0.1, -0.05) is 13.0 Å². The third-order valence-electron chi connectivity index (χ3n) is 3.56. The van der Waals surface area contributed by atoms with E-state index in [4.69, 9.17) is 14.2 Å². The highest BCUT2D eigenvalue weighted by Gasteiger charge is 2.62. The van der Waals surface area contributed by atoms with E-state index in [0.717, 1.165) is 0 Å². The van der Waals surface area contributed by atoms with Crippen LogP contribution in [0.25, 0.3) is 0 Å². The number of ketones is 1. The first-order valence-electron chi connectivity index (χ1n) is 6.14. The predicted octanol–water partition coefficient (Wildman–Crippen LogP) is 0.186. The number of rotatable bonds is 3. The zero-order chi connectivity index (χ0) is 14.4. The molecule has 0 aromatic heterocycles. The molecular weight excluding hydrogens is 252 g/mol. The van der Waals surface area contributed by atoms with Crippen molar-refractivity contribution in [2.45, 2.75) is 44.4 Å². The van der Waals surface area contributed by atoms with Crippen molar-refractivity contribution in [1.29, 1.82) is 0 Å². The number of hydrogen-bond acceptors (Lipinski definition) is 6. The molecule has 0 bridgehead atoms. The van der Waals surface area contributed by atoms with Gasteiger partial charge in [-0.25, -0.2) is 4.79 Å². The summed E-state index contributed by atoms with van der Waals surface area (Å²) in [6, 6.07) is 0. The molecule has 0 spiro atoms. The fourth-order valence-corrected chi connectivity index (χ4v) is 2.27. The summed E-state index contributed by atoms with van der Waals surface area (Å²) < 4.78 is 15.8. The molecule has 0 aromatic rings. The number of Topliss-reactive ketones (excluding diaryl/α,β-unsaturated/α-hetero) is 1. The van der Waals surface area contributed by atoms with Crippen LogP contribution in [0, 0.1) is 5.92 Å². The van der Waals surface area contributed by atoms with Crippen LogP contribution in [-0.2, 0) is 23.8 Å². The van der Waals surface area contributed by atoms with E-state index in [1.54, 1.807) is 13.8 Å². The maximum Gasteiger partial charge on any atom is 0.347 e. The monoisotopic (exact) mass is 270 g/mol. The second-order valence-corrected chi connectivity index (χ2v) is 5.35. The van der Waals surface area contributed by atoms with E-state index in [9.17, 15) is 14.7 Å². The molecule has 0 saturated carbocycles.